The monoisotopic (exact) mass is 413 g/mol. The first-order chi connectivity index (χ1) is 14.0. The topological polar surface area (TPSA) is 82.1 Å². The minimum atomic E-state index is -1.15. The third-order valence-corrected chi connectivity index (χ3v) is 6.49. The fourth-order valence-corrected chi connectivity index (χ4v) is 5.03. The normalized spacial score (nSPS) is 19.5. The number of methoxy groups -OCH3 is 2. The average molecular weight is 413 g/mol. The minimum absolute atomic E-state index is 0.123. The molecule has 0 N–H and O–H groups in total. The van der Waals surface area contributed by atoms with E-state index in [4.69, 9.17) is 14.2 Å². The van der Waals surface area contributed by atoms with Crippen molar-refractivity contribution >= 4 is 35.1 Å². The lowest BCUT2D eigenvalue weighted by Crippen LogP contribution is -2.48. The van der Waals surface area contributed by atoms with Gasteiger partial charge in [0, 0.05) is 23.8 Å². The Kier molecular flexibility index (Phi) is 4.96. The van der Waals surface area contributed by atoms with Crippen LogP contribution in [0.15, 0.2) is 47.4 Å². The minimum Gasteiger partial charge on any atom is -0.497 e. The third kappa shape index (κ3) is 3.13. The van der Waals surface area contributed by atoms with Gasteiger partial charge < -0.3 is 14.2 Å². The lowest BCUT2D eigenvalue weighted by atomic mass is 10.1. The summed E-state index contributed by atoms with van der Waals surface area (Å²) in [6.45, 7) is -0.442. The van der Waals surface area contributed by atoms with Gasteiger partial charge in [-0.25, -0.2) is 4.79 Å². The Morgan fingerprint density at radius 2 is 1.93 bits per heavy atom. The van der Waals surface area contributed by atoms with E-state index in [0.29, 0.717) is 29.2 Å². The van der Waals surface area contributed by atoms with Gasteiger partial charge in [-0.2, -0.15) is 0 Å². The number of carbonyl (C=O) groups excluding carboxylic acids is 3. The molecule has 2 aromatic carbocycles. The standard InChI is InChI=1S/C21H19NO6S/c1-26-13-7-8-14(17(11-13)27-2)16(23)12-28-20(25)21-10-9-19(24)22(21)15-5-3-4-6-18(15)29-21/h3-8,11H,9-10,12H2,1-2H3. The number of anilines is 1. The zero-order valence-corrected chi connectivity index (χ0v) is 16.8. The van der Waals surface area contributed by atoms with Crippen LogP contribution >= 0.6 is 11.8 Å². The highest BCUT2D eigenvalue weighted by Crippen LogP contribution is 2.56. The first-order valence-electron chi connectivity index (χ1n) is 9.04. The highest BCUT2D eigenvalue weighted by atomic mass is 32.2. The molecule has 0 spiro atoms. The molecule has 1 unspecified atom stereocenters. The van der Waals surface area contributed by atoms with Gasteiger partial charge in [0.05, 0.1) is 25.5 Å². The van der Waals surface area contributed by atoms with Gasteiger partial charge in [-0.05, 0) is 24.3 Å². The SMILES string of the molecule is COc1ccc(C(=O)COC(=O)C23CCC(=O)N2c2ccccc2S3)c(OC)c1. The molecule has 7 nitrogen and oxygen atoms in total. The largest absolute Gasteiger partial charge is 0.497 e. The van der Waals surface area contributed by atoms with E-state index in [1.165, 1.54) is 30.9 Å². The number of hydrogen-bond acceptors (Lipinski definition) is 7. The highest BCUT2D eigenvalue weighted by molar-refractivity contribution is 8.02. The van der Waals surface area contributed by atoms with E-state index in [2.05, 4.69) is 0 Å². The molecule has 0 aliphatic carbocycles. The molecule has 0 bridgehead atoms. The van der Waals surface area contributed by atoms with Gasteiger partial charge in [0.2, 0.25) is 11.7 Å². The lowest BCUT2D eigenvalue weighted by Gasteiger charge is -2.28. The van der Waals surface area contributed by atoms with Gasteiger partial charge in [-0.3, -0.25) is 14.5 Å². The molecule has 2 heterocycles. The number of esters is 1. The first-order valence-corrected chi connectivity index (χ1v) is 9.85. The number of para-hydroxylation sites is 1. The Hall–Kier alpha value is -3.00. The molecule has 1 fully saturated rings. The molecular weight excluding hydrogens is 394 g/mol. The molecule has 2 aromatic rings. The molecule has 0 radical (unpaired) electrons. The summed E-state index contributed by atoms with van der Waals surface area (Å²) in [7, 11) is 2.97. The van der Waals surface area contributed by atoms with Gasteiger partial charge in [0.15, 0.2) is 11.5 Å². The molecule has 0 aromatic heterocycles. The van der Waals surface area contributed by atoms with Crippen LogP contribution in [0.5, 0.6) is 11.5 Å². The van der Waals surface area contributed by atoms with Crippen LogP contribution in [0, 0.1) is 0 Å². The fourth-order valence-electron chi connectivity index (χ4n) is 3.62. The molecule has 150 valence electrons. The number of fused-ring (bicyclic) bond motifs is 3. The molecule has 8 heteroatoms. The van der Waals surface area contributed by atoms with Crippen molar-refractivity contribution in [2.75, 3.05) is 25.7 Å². The Labute approximate surface area is 171 Å². The van der Waals surface area contributed by atoms with Gasteiger partial charge in [0.1, 0.15) is 11.5 Å². The van der Waals surface area contributed by atoms with Crippen molar-refractivity contribution in [1.29, 1.82) is 0 Å². The van der Waals surface area contributed by atoms with Gasteiger partial charge in [-0.1, -0.05) is 23.9 Å². The summed E-state index contributed by atoms with van der Waals surface area (Å²) in [5.41, 5.74) is 1.00. The van der Waals surface area contributed by atoms with Crippen molar-refractivity contribution in [3.05, 3.63) is 48.0 Å². The van der Waals surface area contributed by atoms with Crippen LogP contribution in [-0.2, 0) is 14.3 Å². The average Bonchev–Trinajstić information content (AvgIpc) is 3.26. The number of rotatable bonds is 6. The van der Waals surface area contributed by atoms with E-state index in [9.17, 15) is 14.4 Å². The summed E-state index contributed by atoms with van der Waals surface area (Å²) in [6, 6.07) is 12.2. The van der Waals surface area contributed by atoms with Gasteiger partial charge >= 0.3 is 5.97 Å². The number of nitrogens with zero attached hydrogens (tertiary/aromatic N) is 1. The molecule has 1 saturated heterocycles. The Bertz CT molecular complexity index is 1010. The highest BCUT2D eigenvalue weighted by Gasteiger charge is 2.58. The van der Waals surface area contributed by atoms with Crippen LogP contribution in [0.25, 0.3) is 0 Å². The molecule has 1 atom stereocenters. The second-order valence-corrected chi connectivity index (χ2v) is 7.97. The first kappa shape index (κ1) is 19.3. The van der Waals surface area contributed by atoms with E-state index in [0.717, 1.165) is 4.90 Å². The number of ketones is 1. The molecular formula is C21H19NO6S. The second kappa shape index (κ2) is 7.44. The molecule has 2 aliphatic rings. The van der Waals surface area contributed by atoms with Crippen molar-refractivity contribution in [2.45, 2.75) is 22.6 Å². The molecule has 4 rings (SSSR count). The number of ether oxygens (including phenoxy) is 3. The van der Waals surface area contributed by atoms with Crippen LogP contribution in [0.4, 0.5) is 5.69 Å². The molecule has 2 aliphatic heterocycles. The predicted octanol–water partition coefficient (Wildman–Crippen LogP) is 3.06. The van der Waals surface area contributed by atoms with Crippen LogP contribution < -0.4 is 14.4 Å². The quantitative estimate of drug-likeness (QED) is 0.532. The number of amides is 1. The van der Waals surface area contributed by atoms with Gasteiger partial charge in [0.25, 0.3) is 0 Å². The Balaban J connectivity index is 1.52. The maximum atomic E-state index is 13.0. The Morgan fingerprint density at radius 3 is 2.69 bits per heavy atom. The zero-order chi connectivity index (χ0) is 20.6. The van der Waals surface area contributed by atoms with Crippen molar-refractivity contribution in [3.63, 3.8) is 0 Å². The maximum absolute atomic E-state index is 13.0. The van der Waals surface area contributed by atoms with E-state index >= 15 is 0 Å². The number of benzene rings is 2. The smallest absolute Gasteiger partial charge is 0.343 e. The van der Waals surface area contributed by atoms with Crippen LogP contribution in [0.3, 0.4) is 0 Å². The van der Waals surface area contributed by atoms with Crippen LogP contribution in [-0.4, -0.2) is 43.4 Å². The summed E-state index contributed by atoms with van der Waals surface area (Å²) < 4.78 is 15.8. The number of Topliss-reactive ketones (excluding diaryl/α,β-unsaturated/α-hetero) is 1. The summed E-state index contributed by atoms with van der Waals surface area (Å²) in [5.74, 6) is -0.225. The zero-order valence-electron chi connectivity index (χ0n) is 16.0. The van der Waals surface area contributed by atoms with E-state index < -0.39 is 23.2 Å². The summed E-state index contributed by atoms with van der Waals surface area (Å²) in [4.78, 5) is 39.3. The molecule has 1 amide bonds. The van der Waals surface area contributed by atoms with E-state index in [-0.39, 0.29) is 12.3 Å². The van der Waals surface area contributed by atoms with Crippen molar-refractivity contribution in [1.82, 2.24) is 0 Å². The van der Waals surface area contributed by atoms with Gasteiger partial charge in [-0.15, -0.1) is 0 Å². The molecule has 0 saturated carbocycles. The number of hydrogen-bond donors (Lipinski definition) is 0. The van der Waals surface area contributed by atoms with E-state index in [1.54, 1.807) is 18.2 Å². The van der Waals surface area contributed by atoms with Crippen molar-refractivity contribution < 1.29 is 28.6 Å². The number of thioether (sulfide) groups is 1. The summed E-state index contributed by atoms with van der Waals surface area (Å²) >= 11 is 1.30. The predicted molar refractivity (Wildman–Crippen MR) is 107 cm³/mol. The van der Waals surface area contributed by atoms with Crippen molar-refractivity contribution in [2.24, 2.45) is 0 Å². The summed E-state index contributed by atoms with van der Waals surface area (Å²) in [6.07, 6.45) is 0.598. The molecule has 29 heavy (non-hydrogen) atoms. The summed E-state index contributed by atoms with van der Waals surface area (Å²) in [5, 5.41) is 0. The maximum Gasteiger partial charge on any atom is 0.343 e. The second-order valence-electron chi connectivity index (χ2n) is 6.65. The lowest BCUT2D eigenvalue weighted by molar-refractivity contribution is -0.145. The fraction of sp³-hybridized carbons (Fsp3) is 0.286. The third-order valence-electron chi connectivity index (χ3n) is 5.04. The van der Waals surface area contributed by atoms with Crippen LogP contribution in [0.1, 0.15) is 23.2 Å². The Morgan fingerprint density at radius 1 is 1.14 bits per heavy atom. The van der Waals surface area contributed by atoms with Crippen molar-refractivity contribution in [3.8, 4) is 11.5 Å². The van der Waals surface area contributed by atoms with E-state index in [1.807, 2.05) is 24.3 Å². The number of carbonyl (C=O) groups is 3. The van der Waals surface area contributed by atoms with Crippen LogP contribution in [0.2, 0.25) is 0 Å².